The van der Waals surface area contributed by atoms with Crippen molar-refractivity contribution in [2.24, 2.45) is 11.7 Å². The minimum absolute atomic E-state index is 0.0591. The van der Waals surface area contributed by atoms with Crippen LogP contribution in [-0.2, 0) is 4.79 Å². The molecule has 1 unspecified atom stereocenters. The van der Waals surface area contributed by atoms with Crippen LogP contribution in [0.1, 0.15) is 19.4 Å². The lowest BCUT2D eigenvalue weighted by molar-refractivity contribution is -0.118. The summed E-state index contributed by atoms with van der Waals surface area (Å²) in [5, 5.41) is 11.7. The number of nitrogens with one attached hydrogen (secondary N) is 1. The Kier molecular flexibility index (Phi) is 4.50. The molecule has 90 valence electrons. The topological polar surface area (TPSA) is 78.9 Å². The molecule has 1 rings (SSSR count). The molecule has 1 aromatic rings. The fourth-order valence-electron chi connectivity index (χ4n) is 1.21. The highest BCUT2D eigenvalue weighted by molar-refractivity contribution is 6.32. The summed E-state index contributed by atoms with van der Waals surface area (Å²) in [7, 11) is 0. The first-order valence-corrected chi connectivity index (χ1v) is 5.59. The second-order valence-electron chi connectivity index (χ2n) is 4.07. The predicted octanol–water partition coefficient (Wildman–Crippen LogP) is 2.13. The number of rotatable bonds is 3. The lowest BCUT2D eigenvalue weighted by Crippen LogP contribution is -2.39. The van der Waals surface area contributed by atoms with Crippen molar-refractivity contribution in [1.29, 1.82) is 5.26 Å². The molecule has 17 heavy (non-hydrogen) atoms. The first-order valence-electron chi connectivity index (χ1n) is 5.21. The highest BCUT2D eigenvalue weighted by Crippen LogP contribution is 2.20. The molecule has 0 saturated carbocycles. The van der Waals surface area contributed by atoms with E-state index in [2.05, 4.69) is 5.32 Å². The van der Waals surface area contributed by atoms with E-state index in [0.29, 0.717) is 16.3 Å². The zero-order chi connectivity index (χ0) is 13.0. The summed E-state index contributed by atoms with van der Waals surface area (Å²) in [5.41, 5.74) is 6.61. The van der Waals surface area contributed by atoms with Gasteiger partial charge in [0, 0.05) is 5.69 Å². The maximum Gasteiger partial charge on any atom is 0.241 e. The van der Waals surface area contributed by atoms with Crippen molar-refractivity contribution in [3.8, 4) is 6.07 Å². The van der Waals surface area contributed by atoms with E-state index in [-0.39, 0.29) is 11.8 Å². The average molecular weight is 252 g/mol. The Hall–Kier alpha value is -1.57. The van der Waals surface area contributed by atoms with Crippen LogP contribution in [0, 0.1) is 17.2 Å². The van der Waals surface area contributed by atoms with Gasteiger partial charge in [0.2, 0.25) is 5.91 Å². The molecule has 4 nitrogen and oxygen atoms in total. The van der Waals surface area contributed by atoms with Crippen molar-refractivity contribution in [2.75, 3.05) is 5.32 Å². The van der Waals surface area contributed by atoms with E-state index >= 15 is 0 Å². The summed E-state index contributed by atoms with van der Waals surface area (Å²) in [6.07, 6.45) is 0. The van der Waals surface area contributed by atoms with Crippen molar-refractivity contribution in [3.05, 3.63) is 28.8 Å². The number of amides is 1. The van der Waals surface area contributed by atoms with Gasteiger partial charge in [-0.3, -0.25) is 4.79 Å². The van der Waals surface area contributed by atoms with Gasteiger partial charge in [0.1, 0.15) is 6.07 Å². The van der Waals surface area contributed by atoms with Crippen LogP contribution in [-0.4, -0.2) is 11.9 Å². The number of nitriles is 1. The minimum atomic E-state index is -0.565. The summed E-state index contributed by atoms with van der Waals surface area (Å²) in [5.74, 6) is -0.204. The molecule has 0 aliphatic rings. The highest BCUT2D eigenvalue weighted by Gasteiger charge is 2.17. The number of carbonyl (C=O) groups is 1. The lowest BCUT2D eigenvalue weighted by atomic mass is 10.0. The second kappa shape index (κ2) is 5.67. The minimum Gasteiger partial charge on any atom is -0.325 e. The van der Waals surface area contributed by atoms with Gasteiger partial charge in [-0.2, -0.15) is 5.26 Å². The third-order valence-corrected chi connectivity index (χ3v) is 2.69. The molecule has 5 heteroatoms. The Morgan fingerprint density at radius 3 is 2.65 bits per heavy atom. The Balaban J connectivity index is 2.80. The molecule has 3 N–H and O–H groups in total. The van der Waals surface area contributed by atoms with E-state index < -0.39 is 6.04 Å². The van der Waals surface area contributed by atoms with Crippen LogP contribution in [0.15, 0.2) is 18.2 Å². The van der Waals surface area contributed by atoms with E-state index in [0.717, 1.165) is 0 Å². The Morgan fingerprint density at radius 1 is 1.53 bits per heavy atom. The van der Waals surface area contributed by atoms with Gasteiger partial charge < -0.3 is 11.1 Å². The lowest BCUT2D eigenvalue weighted by Gasteiger charge is -2.15. The van der Waals surface area contributed by atoms with Crippen LogP contribution in [0.25, 0.3) is 0 Å². The molecular weight excluding hydrogens is 238 g/mol. The van der Waals surface area contributed by atoms with Crippen molar-refractivity contribution < 1.29 is 4.79 Å². The fraction of sp³-hybridized carbons (Fsp3) is 0.333. The van der Waals surface area contributed by atoms with Gasteiger partial charge in [0.25, 0.3) is 0 Å². The monoisotopic (exact) mass is 251 g/mol. The zero-order valence-electron chi connectivity index (χ0n) is 9.70. The second-order valence-corrected chi connectivity index (χ2v) is 4.47. The van der Waals surface area contributed by atoms with E-state index in [9.17, 15) is 4.79 Å². The highest BCUT2D eigenvalue weighted by atomic mass is 35.5. The molecule has 0 aliphatic heterocycles. The molecule has 1 aromatic carbocycles. The van der Waals surface area contributed by atoms with Crippen molar-refractivity contribution >= 4 is 23.2 Å². The van der Waals surface area contributed by atoms with Crippen LogP contribution >= 0.6 is 11.6 Å². The average Bonchev–Trinajstić information content (AvgIpc) is 2.28. The number of hydrogen-bond acceptors (Lipinski definition) is 3. The summed E-state index contributed by atoms with van der Waals surface area (Å²) in [4.78, 5) is 11.7. The normalized spacial score (nSPS) is 12.0. The number of nitrogens with zero attached hydrogens (tertiary/aromatic N) is 1. The van der Waals surface area contributed by atoms with Crippen LogP contribution in [0.3, 0.4) is 0 Å². The fourth-order valence-corrected chi connectivity index (χ4v) is 1.43. The summed E-state index contributed by atoms with van der Waals surface area (Å²) in [6, 6.07) is 6.09. The van der Waals surface area contributed by atoms with Crippen molar-refractivity contribution in [2.45, 2.75) is 19.9 Å². The van der Waals surface area contributed by atoms with E-state index in [4.69, 9.17) is 22.6 Å². The predicted molar refractivity (Wildman–Crippen MR) is 67.6 cm³/mol. The standard InChI is InChI=1S/C12H14ClN3O/c1-7(2)11(15)12(17)16-9-4-3-8(6-14)10(13)5-9/h3-5,7,11H,15H2,1-2H3,(H,16,17). The quantitative estimate of drug-likeness (QED) is 0.864. The van der Waals surface area contributed by atoms with E-state index in [1.165, 1.54) is 6.07 Å². The number of hydrogen-bond donors (Lipinski definition) is 2. The van der Waals surface area contributed by atoms with Crippen LogP contribution in [0.5, 0.6) is 0 Å². The molecule has 0 saturated heterocycles. The van der Waals surface area contributed by atoms with Gasteiger partial charge in [-0.25, -0.2) is 0 Å². The molecule has 0 fully saturated rings. The molecular formula is C12H14ClN3O. The summed E-state index contributed by atoms with van der Waals surface area (Å²) < 4.78 is 0. The Bertz CT molecular complexity index is 465. The molecule has 0 bridgehead atoms. The SMILES string of the molecule is CC(C)C(N)C(=O)Nc1ccc(C#N)c(Cl)c1. The largest absolute Gasteiger partial charge is 0.325 e. The van der Waals surface area contributed by atoms with Gasteiger partial charge >= 0.3 is 0 Å². The molecule has 0 radical (unpaired) electrons. The van der Waals surface area contributed by atoms with Gasteiger partial charge in [0.05, 0.1) is 16.6 Å². The summed E-state index contributed by atoms with van der Waals surface area (Å²) in [6.45, 7) is 3.74. The van der Waals surface area contributed by atoms with E-state index in [1.807, 2.05) is 19.9 Å². The third-order valence-electron chi connectivity index (χ3n) is 2.38. The van der Waals surface area contributed by atoms with Crippen molar-refractivity contribution in [3.63, 3.8) is 0 Å². The van der Waals surface area contributed by atoms with Gasteiger partial charge in [-0.15, -0.1) is 0 Å². The van der Waals surface area contributed by atoms with Crippen molar-refractivity contribution in [1.82, 2.24) is 0 Å². The molecule has 1 atom stereocenters. The maximum absolute atomic E-state index is 11.7. The van der Waals surface area contributed by atoms with Crippen LogP contribution < -0.4 is 11.1 Å². The number of halogens is 1. The summed E-state index contributed by atoms with van der Waals surface area (Å²) >= 11 is 5.85. The van der Waals surface area contributed by atoms with Gasteiger partial charge in [-0.1, -0.05) is 25.4 Å². The van der Waals surface area contributed by atoms with Gasteiger partial charge in [-0.05, 0) is 24.1 Å². The Morgan fingerprint density at radius 2 is 2.18 bits per heavy atom. The number of nitrogens with two attached hydrogens (primary N) is 1. The Labute approximate surface area is 105 Å². The number of benzene rings is 1. The first-order chi connectivity index (χ1) is 7.95. The van der Waals surface area contributed by atoms with Gasteiger partial charge in [0.15, 0.2) is 0 Å². The number of anilines is 1. The molecule has 0 spiro atoms. The molecule has 1 amide bonds. The van der Waals surface area contributed by atoms with E-state index in [1.54, 1.807) is 12.1 Å². The number of carbonyl (C=O) groups excluding carboxylic acids is 1. The van der Waals surface area contributed by atoms with Crippen LogP contribution in [0.2, 0.25) is 5.02 Å². The third kappa shape index (κ3) is 3.45. The molecule has 0 aliphatic carbocycles. The van der Waals surface area contributed by atoms with Crippen LogP contribution in [0.4, 0.5) is 5.69 Å². The first kappa shape index (κ1) is 13.5. The molecule has 0 heterocycles. The smallest absolute Gasteiger partial charge is 0.241 e. The maximum atomic E-state index is 11.7. The molecule has 0 aromatic heterocycles. The zero-order valence-corrected chi connectivity index (χ0v) is 10.5.